The molecule has 5 heteroatoms. The van der Waals surface area contributed by atoms with Gasteiger partial charge in [0.05, 0.1) is 5.52 Å². The lowest BCUT2D eigenvalue weighted by Crippen LogP contribution is -2.25. The zero-order valence-corrected chi connectivity index (χ0v) is 11.6. The number of nitrogens with zero attached hydrogens (tertiary/aromatic N) is 1. The van der Waals surface area contributed by atoms with E-state index < -0.39 is 0 Å². The summed E-state index contributed by atoms with van der Waals surface area (Å²) >= 11 is 0. The normalized spacial score (nSPS) is 14.7. The number of oxazole rings is 1. The van der Waals surface area contributed by atoms with E-state index >= 15 is 0 Å². The number of rotatable bonds is 5. The van der Waals surface area contributed by atoms with Gasteiger partial charge in [0.1, 0.15) is 0 Å². The Morgan fingerprint density at radius 2 is 2.21 bits per heavy atom. The summed E-state index contributed by atoms with van der Waals surface area (Å²) in [7, 11) is 3.66. The maximum atomic E-state index is 11.5. The summed E-state index contributed by atoms with van der Waals surface area (Å²) in [4.78, 5) is 11.5. The SMILES string of the molecule is CNC(c1ccc2oc(=O)n(C)c2c1)C(C)CCN. The molecule has 19 heavy (non-hydrogen) atoms. The number of nitrogens with two attached hydrogens (primary N) is 1. The highest BCUT2D eigenvalue weighted by Crippen LogP contribution is 2.26. The van der Waals surface area contributed by atoms with Crippen LogP contribution < -0.4 is 16.8 Å². The first-order valence-corrected chi connectivity index (χ1v) is 6.55. The minimum atomic E-state index is -0.330. The predicted molar refractivity (Wildman–Crippen MR) is 76.1 cm³/mol. The van der Waals surface area contributed by atoms with Gasteiger partial charge in [-0.1, -0.05) is 13.0 Å². The van der Waals surface area contributed by atoms with Gasteiger partial charge in [-0.15, -0.1) is 0 Å². The van der Waals surface area contributed by atoms with Gasteiger partial charge in [-0.2, -0.15) is 0 Å². The Hall–Kier alpha value is -1.59. The van der Waals surface area contributed by atoms with Crippen LogP contribution in [-0.4, -0.2) is 18.2 Å². The van der Waals surface area contributed by atoms with E-state index in [9.17, 15) is 4.79 Å². The third-order valence-electron chi connectivity index (χ3n) is 3.68. The highest BCUT2D eigenvalue weighted by molar-refractivity contribution is 5.73. The van der Waals surface area contributed by atoms with Crippen LogP contribution in [0.4, 0.5) is 0 Å². The third-order valence-corrected chi connectivity index (χ3v) is 3.68. The molecule has 2 atom stereocenters. The fourth-order valence-electron chi connectivity index (χ4n) is 2.55. The molecule has 1 heterocycles. The number of fused-ring (bicyclic) bond motifs is 1. The Balaban J connectivity index is 2.43. The second kappa shape index (κ2) is 5.59. The number of aromatic nitrogens is 1. The number of benzene rings is 1. The highest BCUT2D eigenvalue weighted by Gasteiger charge is 2.18. The molecule has 0 saturated carbocycles. The second-order valence-electron chi connectivity index (χ2n) is 4.98. The van der Waals surface area contributed by atoms with Crippen molar-refractivity contribution in [2.75, 3.05) is 13.6 Å². The van der Waals surface area contributed by atoms with E-state index in [4.69, 9.17) is 10.2 Å². The minimum absolute atomic E-state index is 0.220. The standard InChI is InChI=1S/C14H21N3O2/c1-9(6-7-15)13(16-2)10-4-5-12-11(8-10)17(3)14(18)19-12/h4-5,8-9,13,16H,6-7,15H2,1-3H3. The van der Waals surface area contributed by atoms with E-state index in [1.54, 1.807) is 7.05 Å². The summed E-state index contributed by atoms with van der Waals surface area (Å²) in [6.45, 7) is 2.85. The molecular weight excluding hydrogens is 242 g/mol. The van der Waals surface area contributed by atoms with Crippen molar-refractivity contribution in [3.05, 3.63) is 34.3 Å². The smallest absolute Gasteiger partial charge is 0.408 e. The van der Waals surface area contributed by atoms with Gasteiger partial charge in [0, 0.05) is 13.1 Å². The maximum Gasteiger partial charge on any atom is 0.419 e. The van der Waals surface area contributed by atoms with Crippen LogP contribution in [0.2, 0.25) is 0 Å². The molecule has 5 nitrogen and oxygen atoms in total. The molecule has 0 amide bonds. The molecule has 0 aliphatic heterocycles. The average Bonchev–Trinajstić information content (AvgIpc) is 2.67. The van der Waals surface area contributed by atoms with Gasteiger partial charge in [-0.3, -0.25) is 4.57 Å². The molecule has 1 aromatic heterocycles. The number of nitrogens with one attached hydrogen (secondary N) is 1. The van der Waals surface area contributed by atoms with Crippen molar-refractivity contribution in [3.8, 4) is 0 Å². The van der Waals surface area contributed by atoms with Crippen molar-refractivity contribution in [2.24, 2.45) is 18.7 Å². The third kappa shape index (κ3) is 2.57. The van der Waals surface area contributed by atoms with Crippen molar-refractivity contribution in [1.82, 2.24) is 9.88 Å². The Morgan fingerprint density at radius 1 is 1.47 bits per heavy atom. The van der Waals surface area contributed by atoms with Gasteiger partial charge in [0.25, 0.3) is 0 Å². The lowest BCUT2D eigenvalue weighted by molar-refractivity contribution is 0.392. The molecule has 0 aliphatic rings. The first kappa shape index (κ1) is 13.8. The van der Waals surface area contributed by atoms with E-state index in [2.05, 4.69) is 12.2 Å². The summed E-state index contributed by atoms with van der Waals surface area (Å²) in [5.41, 5.74) is 8.22. The fourth-order valence-corrected chi connectivity index (χ4v) is 2.55. The zero-order valence-electron chi connectivity index (χ0n) is 11.6. The average molecular weight is 263 g/mol. The lowest BCUT2D eigenvalue weighted by atomic mass is 9.92. The van der Waals surface area contributed by atoms with E-state index in [-0.39, 0.29) is 11.8 Å². The Kier molecular flexibility index (Phi) is 4.07. The van der Waals surface area contributed by atoms with E-state index in [0.717, 1.165) is 17.5 Å². The summed E-state index contributed by atoms with van der Waals surface area (Å²) in [6, 6.07) is 6.08. The second-order valence-corrected chi connectivity index (χ2v) is 4.98. The lowest BCUT2D eigenvalue weighted by Gasteiger charge is -2.23. The molecule has 1 aromatic carbocycles. The maximum absolute atomic E-state index is 11.5. The van der Waals surface area contributed by atoms with Crippen molar-refractivity contribution >= 4 is 11.1 Å². The van der Waals surface area contributed by atoms with E-state index in [1.807, 2.05) is 25.2 Å². The van der Waals surface area contributed by atoms with Gasteiger partial charge >= 0.3 is 5.76 Å². The van der Waals surface area contributed by atoms with Gasteiger partial charge in [-0.05, 0) is 43.6 Å². The van der Waals surface area contributed by atoms with Gasteiger partial charge in [-0.25, -0.2) is 4.79 Å². The van der Waals surface area contributed by atoms with Crippen LogP contribution in [0, 0.1) is 5.92 Å². The van der Waals surface area contributed by atoms with E-state index in [1.165, 1.54) is 4.57 Å². The predicted octanol–water partition coefficient (Wildman–Crippen LogP) is 1.38. The Morgan fingerprint density at radius 3 is 2.84 bits per heavy atom. The molecule has 3 N–H and O–H groups in total. The zero-order chi connectivity index (χ0) is 14.0. The van der Waals surface area contributed by atoms with Gasteiger partial charge in [0.15, 0.2) is 5.58 Å². The molecule has 0 aliphatic carbocycles. The molecule has 0 bridgehead atoms. The molecule has 104 valence electrons. The summed E-state index contributed by atoms with van der Waals surface area (Å²) < 4.78 is 6.67. The Labute approximate surface area is 112 Å². The number of hydrogen-bond donors (Lipinski definition) is 2. The molecule has 2 rings (SSSR count). The monoisotopic (exact) mass is 263 g/mol. The fraction of sp³-hybridized carbons (Fsp3) is 0.500. The van der Waals surface area contributed by atoms with Crippen molar-refractivity contribution < 1.29 is 4.42 Å². The number of aryl methyl sites for hydroxylation is 1. The Bertz CT molecular complexity index is 615. The molecule has 2 aromatic rings. The van der Waals surface area contributed by atoms with Crippen LogP contribution in [0.1, 0.15) is 24.9 Å². The highest BCUT2D eigenvalue weighted by atomic mass is 16.4. The number of hydrogen-bond acceptors (Lipinski definition) is 4. The minimum Gasteiger partial charge on any atom is -0.408 e. The van der Waals surface area contributed by atoms with Crippen LogP contribution in [0.3, 0.4) is 0 Å². The van der Waals surface area contributed by atoms with E-state index in [0.29, 0.717) is 18.0 Å². The van der Waals surface area contributed by atoms with Gasteiger partial charge in [0.2, 0.25) is 0 Å². The first-order chi connectivity index (χ1) is 9.08. The topological polar surface area (TPSA) is 73.2 Å². The van der Waals surface area contributed by atoms with Gasteiger partial charge < -0.3 is 15.5 Å². The molecule has 0 fully saturated rings. The summed E-state index contributed by atoms with van der Waals surface area (Å²) in [5, 5.41) is 3.32. The molecule has 0 radical (unpaired) electrons. The molecule has 2 unspecified atom stereocenters. The molecular formula is C14H21N3O2. The van der Waals surface area contributed by atoms with Crippen LogP contribution in [-0.2, 0) is 7.05 Å². The van der Waals surface area contributed by atoms with Crippen molar-refractivity contribution in [3.63, 3.8) is 0 Å². The van der Waals surface area contributed by atoms with Crippen LogP contribution >= 0.6 is 0 Å². The van der Waals surface area contributed by atoms with Crippen molar-refractivity contribution in [2.45, 2.75) is 19.4 Å². The summed E-state index contributed by atoms with van der Waals surface area (Å²) in [5.74, 6) is 0.0968. The first-order valence-electron chi connectivity index (χ1n) is 6.55. The molecule has 0 spiro atoms. The largest absolute Gasteiger partial charge is 0.419 e. The summed E-state index contributed by atoms with van der Waals surface area (Å²) in [6.07, 6.45) is 0.952. The molecule has 0 saturated heterocycles. The van der Waals surface area contributed by atoms with Crippen molar-refractivity contribution in [1.29, 1.82) is 0 Å². The van der Waals surface area contributed by atoms with Crippen LogP contribution in [0.5, 0.6) is 0 Å². The van der Waals surface area contributed by atoms with Crippen LogP contribution in [0.25, 0.3) is 11.1 Å². The quantitative estimate of drug-likeness (QED) is 0.854. The van der Waals surface area contributed by atoms with Crippen LogP contribution in [0.15, 0.2) is 27.4 Å².